The van der Waals surface area contributed by atoms with E-state index < -0.39 is 0 Å². The fraction of sp³-hybridized carbons (Fsp3) is 0.516. The van der Waals surface area contributed by atoms with Crippen LogP contribution in [0.4, 0.5) is 0 Å². The highest BCUT2D eigenvalue weighted by atomic mass is 32.1. The Morgan fingerprint density at radius 3 is 2.85 bits per heavy atom. The molecule has 7 rings (SSSR count). The molecule has 2 aromatic heterocycles. The van der Waals surface area contributed by atoms with Gasteiger partial charge in [-0.15, -0.1) is 11.3 Å². The van der Waals surface area contributed by atoms with Crippen molar-refractivity contribution < 1.29 is 4.79 Å². The highest BCUT2D eigenvalue weighted by molar-refractivity contribution is 7.18. The number of hydrogen-bond acceptors (Lipinski definition) is 6. The van der Waals surface area contributed by atoms with Crippen LogP contribution in [-0.2, 0) is 11.3 Å². The number of imidazole rings is 1. The second-order valence-corrected chi connectivity index (χ2v) is 13.2. The minimum Gasteiger partial charge on any atom is -0.353 e. The van der Waals surface area contributed by atoms with Crippen molar-refractivity contribution >= 4 is 38.5 Å². The second-order valence-electron chi connectivity index (χ2n) is 12.0. The van der Waals surface area contributed by atoms with Crippen LogP contribution in [0.3, 0.4) is 0 Å². The number of hydrazine groups is 1. The lowest BCUT2D eigenvalue weighted by molar-refractivity contribution is -0.127. The number of benzene rings is 2. The highest BCUT2D eigenvalue weighted by Gasteiger charge is 2.43. The lowest BCUT2D eigenvalue weighted by Crippen LogP contribution is -2.45. The predicted molar refractivity (Wildman–Crippen MR) is 156 cm³/mol. The van der Waals surface area contributed by atoms with Gasteiger partial charge in [0.2, 0.25) is 5.91 Å². The van der Waals surface area contributed by atoms with Gasteiger partial charge in [-0.25, -0.2) is 15.4 Å². The largest absolute Gasteiger partial charge is 0.353 e. The third-order valence-electron chi connectivity index (χ3n) is 9.42. The van der Waals surface area contributed by atoms with E-state index in [1.165, 1.54) is 28.6 Å². The number of rotatable bonds is 5. The summed E-state index contributed by atoms with van der Waals surface area (Å²) in [6.45, 7) is 5.15. The maximum Gasteiger partial charge on any atom is 0.223 e. The van der Waals surface area contributed by atoms with Gasteiger partial charge >= 0.3 is 0 Å². The number of para-hydroxylation sites is 2. The van der Waals surface area contributed by atoms with Gasteiger partial charge in [-0.2, -0.15) is 0 Å². The number of hydrogen-bond donors (Lipinski definition) is 3. The van der Waals surface area contributed by atoms with Crippen molar-refractivity contribution in [3.8, 4) is 0 Å². The van der Waals surface area contributed by atoms with Crippen LogP contribution in [0.25, 0.3) is 21.3 Å². The molecule has 3 fully saturated rings. The molecule has 1 amide bonds. The molecule has 3 heterocycles. The van der Waals surface area contributed by atoms with Gasteiger partial charge in [0.05, 0.1) is 32.3 Å². The maximum atomic E-state index is 13.6. The van der Waals surface area contributed by atoms with E-state index in [0.717, 1.165) is 60.5 Å². The Bertz CT molecular complexity index is 1510. The van der Waals surface area contributed by atoms with Crippen molar-refractivity contribution in [1.29, 1.82) is 0 Å². The van der Waals surface area contributed by atoms with Crippen LogP contribution >= 0.6 is 11.3 Å². The Morgan fingerprint density at radius 2 is 1.92 bits per heavy atom. The van der Waals surface area contributed by atoms with Gasteiger partial charge in [0.25, 0.3) is 0 Å². The molecule has 0 spiro atoms. The molecule has 4 aromatic rings. The summed E-state index contributed by atoms with van der Waals surface area (Å²) in [5.41, 5.74) is 11.8. The molecule has 2 aromatic carbocycles. The molecule has 6 atom stereocenters. The smallest absolute Gasteiger partial charge is 0.223 e. The van der Waals surface area contributed by atoms with Crippen molar-refractivity contribution in [3.05, 3.63) is 58.9 Å². The molecule has 2 aliphatic carbocycles. The summed E-state index contributed by atoms with van der Waals surface area (Å²) < 4.78 is 3.61. The van der Waals surface area contributed by atoms with Crippen molar-refractivity contribution in [1.82, 2.24) is 30.7 Å². The number of carbonyl (C=O) groups is 1. The standard InChI is InChI=1S/C31H38N6OS/c1-18-32-26-8-3-4-9-28(26)37(18)17-20-6-5-7-23(14-20)34-31(38)22-11-12-25-24(15-22)30(36-35-25)21-10-13-27-29(16-21)39-19(2)33-27/h3-4,8-10,13,16,20,22-25,30,35-36H,5-7,11-12,14-15,17H2,1-2H3,(H,34,38). The van der Waals surface area contributed by atoms with Gasteiger partial charge in [0.1, 0.15) is 5.82 Å². The average Bonchev–Trinajstić information content (AvgIpc) is 3.62. The van der Waals surface area contributed by atoms with Crippen LogP contribution in [0.5, 0.6) is 0 Å². The molecule has 8 heteroatoms. The predicted octanol–water partition coefficient (Wildman–Crippen LogP) is 5.57. The SMILES string of the molecule is Cc1nc2ccc(C3NNC4CCC(C(=O)NC5CCCC(Cn6c(C)nc7ccccc76)C5)CC43)cc2s1. The van der Waals surface area contributed by atoms with E-state index in [2.05, 4.69) is 82.0 Å². The van der Waals surface area contributed by atoms with Crippen molar-refractivity contribution in [2.75, 3.05) is 0 Å². The Kier molecular flexibility index (Phi) is 6.65. The number of carbonyl (C=O) groups excluding carboxylic acids is 1. The minimum absolute atomic E-state index is 0.0880. The second kappa shape index (κ2) is 10.3. The zero-order valence-corrected chi connectivity index (χ0v) is 23.6. The van der Waals surface area contributed by atoms with Gasteiger partial charge in [0.15, 0.2) is 0 Å². The van der Waals surface area contributed by atoms with E-state index in [4.69, 9.17) is 4.98 Å². The molecule has 39 heavy (non-hydrogen) atoms. The van der Waals surface area contributed by atoms with Crippen molar-refractivity contribution in [2.45, 2.75) is 83.5 Å². The Morgan fingerprint density at radius 1 is 1.03 bits per heavy atom. The monoisotopic (exact) mass is 542 g/mol. The molecule has 3 N–H and O–H groups in total. The lowest BCUT2D eigenvalue weighted by Gasteiger charge is -2.35. The van der Waals surface area contributed by atoms with Crippen LogP contribution in [0.1, 0.15) is 67.4 Å². The number of aromatic nitrogens is 3. The Balaban J connectivity index is 0.995. The molecule has 7 nitrogen and oxygen atoms in total. The first-order chi connectivity index (χ1) is 19.0. The number of amides is 1. The summed E-state index contributed by atoms with van der Waals surface area (Å²) in [4.78, 5) is 22.9. The molecule has 0 bridgehead atoms. The van der Waals surface area contributed by atoms with Crippen molar-refractivity contribution in [2.24, 2.45) is 17.8 Å². The topological polar surface area (TPSA) is 83.9 Å². The summed E-state index contributed by atoms with van der Waals surface area (Å²) in [5.74, 6) is 2.41. The van der Waals surface area contributed by atoms with Gasteiger partial charge in [-0.05, 0) is 94.0 Å². The Hall–Kier alpha value is -2.81. The van der Waals surface area contributed by atoms with Crippen LogP contribution in [-0.4, -0.2) is 32.5 Å². The van der Waals surface area contributed by atoms with E-state index in [-0.39, 0.29) is 23.9 Å². The normalized spacial score (nSPS) is 29.1. The molecule has 204 valence electrons. The molecule has 0 radical (unpaired) electrons. The van der Waals surface area contributed by atoms with E-state index in [0.29, 0.717) is 17.9 Å². The summed E-state index contributed by atoms with van der Waals surface area (Å²) >= 11 is 1.75. The van der Waals surface area contributed by atoms with E-state index >= 15 is 0 Å². The molecular weight excluding hydrogens is 504 g/mol. The number of nitrogens with one attached hydrogen (secondary N) is 3. The Labute approximate surface area is 233 Å². The number of nitrogens with zero attached hydrogens (tertiary/aromatic N) is 3. The first kappa shape index (κ1) is 25.2. The highest BCUT2D eigenvalue weighted by Crippen LogP contribution is 2.41. The maximum absolute atomic E-state index is 13.6. The quantitative estimate of drug-likeness (QED) is 0.307. The van der Waals surface area contributed by atoms with Gasteiger partial charge in [-0.1, -0.05) is 24.6 Å². The van der Waals surface area contributed by atoms with E-state index in [1.54, 1.807) is 11.3 Å². The van der Waals surface area contributed by atoms with Crippen molar-refractivity contribution in [3.63, 3.8) is 0 Å². The zero-order valence-electron chi connectivity index (χ0n) is 22.8. The third-order valence-corrected chi connectivity index (χ3v) is 10.4. The molecule has 6 unspecified atom stereocenters. The summed E-state index contributed by atoms with van der Waals surface area (Å²) in [6.07, 6.45) is 7.45. The summed E-state index contributed by atoms with van der Waals surface area (Å²) in [7, 11) is 0. The minimum atomic E-state index is 0.0880. The van der Waals surface area contributed by atoms with Crippen LogP contribution < -0.4 is 16.2 Å². The average molecular weight is 543 g/mol. The summed E-state index contributed by atoms with van der Waals surface area (Å²) in [6, 6.07) is 16.0. The van der Waals surface area contributed by atoms with Gasteiger partial charge in [-0.3, -0.25) is 10.2 Å². The molecule has 1 aliphatic heterocycles. The van der Waals surface area contributed by atoms with E-state index in [9.17, 15) is 4.79 Å². The lowest BCUT2D eigenvalue weighted by atomic mass is 9.74. The van der Waals surface area contributed by atoms with Gasteiger partial charge in [0, 0.05) is 24.5 Å². The first-order valence-electron chi connectivity index (χ1n) is 14.6. The molecule has 2 saturated carbocycles. The van der Waals surface area contributed by atoms with Crippen LogP contribution in [0.2, 0.25) is 0 Å². The van der Waals surface area contributed by atoms with E-state index in [1.807, 2.05) is 0 Å². The molecular formula is C31H38N6OS. The molecule has 3 aliphatic rings. The zero-order chi connectivity index (χ0) is 26.5. The number of aryl methyl sites for hydroxylation is 2. The molecule has 1 saturated heterocycles. The van der Waals surface area contributed by atoms with Crippen LogP contribution in [0.15, 0.2) is 42.5 Å². The number of fused-ring (bicyclic) bond motifs is 3. The first-order valence-corrected chi connectivity index (χ1v) is 15.4. The van der Waals surface area contributed by atoms with Crippen LogP contribution in [0, 0.1) is 31.6 Å². The third kappa shape index (κ3) is 4.87. The summed E-state index contributed by atoms with van der Waals surface area (Å²) in [5, 5.41) is 4.60. The fourth-order valence-corrected chi connectivity index (χ4v) is 8.34. The fourth-order valence-electron chi connectivity index (χ4n) is 7.47. The number of thiazole rings is 1. The van der Waals surface area contributed by atoms with Gasteiger partial charge < -0.3 is 9.88 Å².